The van der Waals surface area contributed by atoms with Gasteiger partial charge in [0.15, 0.2) is 11.4 Å². The maximum absolute atomic E-state index is 12.9. The van der Waals surface area contributed by atoms with Crippen LogP contribution < -0.4 is 10.1 Å². The molecule has 1 saturated heterocycles. The van der Waals surface area contributed by atoms with Crippen molar-refractivity contribution in [3.63, 3.8) is 0 Å². The zero-order valence-corrected chi connectivity index (χ0v) is 22.5. The number of fused-ring (bicyclic) bond motifs is 1. The first-order chi connectivity index (χ1) is 17.9. The highest BCUT2D eigenvalue weighted by Gasteiger charge is 2.26. The number of methoxy groups -OCH3 is 1. The minimum atomic E-state index is -0.113. The van der Waals surface area contributed by atoms with Crippen LogP contribution >= 0.6 is 27.5 Å². The summed E-state index contributed by atoms with van der Waals surface area (Å²) < 4.78 is 12.1. The summed E-state index contributed by atoms with van der Waals surface area (Å²) in [5.74, 6) is 1.13. The second kappa shape index (κ2) is 11.0. The average molecular weight is 583 g/mol. The van der Waals surface area contributed by atoms with Gasteiger partial charge in [-0.3, -0.25) is 14.5 Å². The van der Waals surface area contributed by atoms with E-state index in [1.807, 2.05) is 30.3 Å². The van der Waals surface area contributed by atoms with Crippen molar-refractivity contribution >= 4 is 56.0 Å². The van der Waals surface area contributed by atoms with Crippen LogP contribution in [0.15, 0.2) is 69.6 Å². The molecule has 5 rings (SSSR count). The number of carbonyl (C=O) groups is 2. The summed E-state index contributed by atoms with van der Waals surface area (Å²) in [6.45, 7) is 1.72. The summed E-state index contributed by atoms with van der Waals surface area (Å²) in [6, 6.07) is 18.0. The third-order valence-electron chi connectivity index (χ3n) is 6.55. The molecule has 0 saturated carbocycles. The Labute approximate surface area is 227 Å². The molecule has 1 fully saturated rings. The van der Waals surface area contributed by atoms with E-state index < -0.39 is 0 Å². The van der Waals surface area contributed by atoms with E-state index in [0.29, 0.717) is 65.7 Å². The summed E-state index contributed by atoms with van der Waals surface area (Å²) >= 11 is 9.45. The Morgan fingerprint density at radius 2 is 1.86 bits per heavy atom. The SMILES string of the molecule is COc1ccc(-c2nc3ccc(NC(=O)C4CCN(CC(=O)c5ccc(Cl)cc5)CC4)cc3o2)c(Br)c1. The zero-order valence-electron chi connectivity index (χ0n) is 20.2. The lowest BCUT2D eigenvalue weighted by Crippen LogP contribution is -2.40. The van der Waals surface area contributed by atoms with Gasteiger partial charge < -0.3 is 14.5 Å². The van der Waals surface area contributed by atoms with Crippen LogP contribution in [-0.2, 0) is 4.79 Å². The van der Waals surface area contributed by atoms with Crippen molar-refractivity contribution in [1.29, 1.82) is 0 Å². The lowest BCUT2D eigenvalue weighted by atomic mass is 9.95. The molecular formula is C28H25BrClN3O4. The molecule has 37 heavy (non-hydrogen) atoms. The fraction of sp³-hybridized carbons (Fsp3) is 0.250. The molecule has 2 heterocycles. The number of amides is 1. The van der Waals surface area contributed by atoms with Crippen molar-refractivity contribution in [2.24, 2.45) is 5.92 Å². The number of piperidine rings is 1. The maximum atomic E-state index is 12.9. The van der Waals surface area contributed by atoms with E-state index in [1.165, 1.54) is 0 Å². The summed E-state index contributed by atoms with van der Waals surface area (Å²) in [4.78, 5) is 32.2. The van der Waals surface area contributed by atoms with E-state index in [2.05, 4.69) is 31.1 Å². The van der Waals surface area contributed by atoms with Gasteiger partial charge in [-0.15, -0.1) is 0 Å². The molecule has 7 nitrogen and oxygen atoms in total. The molecule has 9 heteroatoms. The fourth-order valence-electron chi connectivity index (χ4n) is 4.44. The van der Waals surface area contributed by atoms with Gasteiger partial charge in [0.05, 0.1) is 19.2 Å². The topological polar surface area (TPSA) is 84.7 Å². The molecule has 1 amide bonds. The number of likely N-dealkylation sites (tertiary alicyclic amines) is 1. The van der Waals surface area contributed by atoms with Crippen molar-refractivity contribution in [2.45, 2.75) is 12.8 Å². The number of halogens is 2. The van der Waals surface area contributed by atoms with E-state index >= 15 is 0 Å². The van der Waals surface area contributed by atoms with Gasteiger partial charge in [-0.2, -0.15) is 0 Å². The normalized spacial score (nSPS) is 14.6. The number of hydrogen-bond acceptors (Lipinski definition) is 6. The Balaban J connectivity index is 1.18. The van der Waals surface area contributed by atoms with Gasteiger partial charge >= 0.3 is 0 Å². The second-order valence-corrected chi connectivity index (χ2v) is 10.3. The number of Topliss-reactive ketones (excluding diaryl/α,β-unsaturated/α-hetero) is 1. The summed E-state index contributed by atoms with van der Waals surface area (Å²) in [5.41, 5.74) is 3.41. The van der Waals surface area contributed by atoms with Crippen LogP contribution in [0.3, 0.4) is 0 Å². The molecular weight excluding hydrogens is 558 g/mol. The number of rotatable bonds is 7. The number of nitrogens with one attached hydrogen (secondary N) is 1. The van der Waals surface area contributed by atoms with E-state index in [-0.39, 0.29) is 17.6 Å². The number of hydrogen-bond donors (Lipinski definition) is 1. The van der Waals surface area contributed by atoms with Gasteiger partial charge in [-0.05, 0) is 96.5 Å². The van der Waals surface area contributed by atoms with Crippen molar-refractivity contribution in [3.05, 3.63) is 75.7 Å². The standard InChI is InChI=1S/C28H25BrClN3O4/c1-36-21-7-8-22(23(29)15-21)28-32-24-9-6-20(14-26(24)37-28)31-27(35)18-10-12-33(13-11-18)16-25(34)17-2-4-19(30)5-3-17/h2-9,14-15,18H,10-13,16H2,1H3,(H,31,35). The van der Waals surface area contributed by atoms with Crippen LogP contribution in [0.1, 0.15) is 23.2 Å². The van der Waals surface area contributed by atoms with Gasteiger partial charge in [-0.1, -0.05) is 11.6 Å². The van der Waals surface area contributed by atoms with Crippen LogP contribution in [0.5, 0.6) is 5.75 Å². The molecule has 3 aromatic carbocycles. The number of carbonyl (C=O) groups excluding carboxylic acids is 2. The first-order valence-electron chi connectivity index (χ1n) is 12.0. The molecule has 0 atom stereocenters. The van der Waals surface area contributed by atoms with Gasteiger partial charge in [0.1, 0.15) is 11.3 Å². The molecule has 1 N–H and O–H groups in total. The molecule has 1 aromatic heterocycles. The molecule has 0 bridgehead atoms. The average Bonchev–Trinajstić information content (AvgIpc) is 3.32. The summed E-state index contributed by atoms with van der Waals surface area (Å²) in [5, 5.41) is 3.62. The predicted molar refractivity (Wildman–Crippen MR) is 147 cm³/mol. The van der Waals surface area contributed by atoms with Crippen LogP contribution in [0.2, 0.25) is 5.02 Å². The van der Waals surface area contributed by atoms with Crippen molar-refractivity contribution in [2.75, 3.05) is 32.1 Å². The van der Waals surface area contributed by atoms with Gasteiger partial charge in [0.2, 0.25) is 11.8 Å². The highest BCUT2D eigenvalue weighted by molar-refractivity contribution is 9.10. The Hall–Kier alpha value is -3.20. The molecule has 1 aliphatic rings. The Morgan fingerprint density at radius 3 is 2.57 bits per heavy atom. The first kappa shape index (κ1) is 25.4. The fourth-order valence-corrected chi connectivity index (χ4v) is 5.09. The largest absolute Gasteiger partial charge is 0.497 e. The highest BCUT2D eigenvalue weighted by Crippen LogP contribution is 2.33. The monoisotopic (exact) mass is 581 g/mol. The number of ether oxygens (including phenoxy) is 1. The van der Waals surface area contributed by atoms with Crippen LogP contribution in [0.4, 0.5) is 5.69 Å². The Morgan fingerprint density at radius 1 is 1.11 bits per heavy atom. The summed E-state index contributed by atoms with van der Waals surface area (Å²) in [7, 11) is 1.62. The number of anilines is 1. The van der Waals surface area contributed by atoms with Crippen LogP contribution in [0.25, 0.3) is 22.6 Å². The molecule has 0 radical (unpaired) electrons. The smallest absolute Gasteiger partial charge is 0.228 e. The van der Waals surface area contributed by atoms with E-state index in [0.717, 1.165) is 15.8 Å². The highest BCUT2D eigenvalue weighted by atomic mass is 79.9. The lowest BCUT2D eigenvalue weighted by molar-refractivity contribution is -0.121. The molecule has 1 aliphatic heterocycles. The minimum Gasteiger partial charge on any atom is -0.497 e. The Kier molecular flexibility index (Phi) is 7.60. The van der Waals surface area contributed by atoms with E-state index in [1.54, 1.807) is 37.4 Å². The number of oxazole rings is 1. The number of nitrogens with zero attached hydrogens (tertiary/aromatic N) is 2. The quantitative estimate of drug-likeness (QED) is 0.252. The van der Waals surface area contributed by atoms with Crippen LogP contribution in [-0.4, -0.2) is 48.3 Å². The summed E-state index contributed by atoms with van der Waals surface area (Å²) in [6.07, 6.45) is 1.39. The van der Waals surface area contributed by atoms with E-state index in [9.17, 15) is 9.59 Å². The third kappa shape index (κ3) is 5.87. The number of benzene rings is 3. The van der Waals surface area contributed by atoms with Crippen LogP contribution in [0, 0.1) is 5.92 Å². The van der Waals surface area contributed by atoms with Crippen molar-refractivity contribution < 1.29 is 18.7 Å². The molecule has 0 spiro atoms. The first-order valence-corrected chi connectivity index (χ1v) is 13.1. The van der Waals surface area contributed by atoms with Gasteiger partial charge in [-0.25, -0.2) is 4.98 Å². The third-order valence-corrected chi connectivity index (χ3v) is 7.46. The number of aromatic nitrogens is 1. The molecule has 190 valence electrons. The van der Waals surface area contributed by atoms with Gasteiger partial charge in [0, 0.05) is 32.7 Å². The predicted octanol–water partition coefficient (Wildman–Crippen LogP) is 6.45. The van der Waals surface area contributed by atoms with E-state index in [4.69, 9.17) is 20.8 Å². The lowest BCUT2D eigenvalue weighted by Gasteiger charge is -2.30. The minimum absolute atomic E-state index is 0.0272. The molecule has 4 aromatic rings. The number of ketones is 1. The Bertz CT molecular complexity index is 1450. The van der Waals surface area contributed by atoms with Crippen molar-refractivity contribution in [3.8, 4) is 17.2 Å². The molecule has 0 unspecified atom stereocenters. The second-order valence-electron chi connectivity index (χ2n) is 9.02. The maximum Gasteiger partial charge on any atom is 0.228 e. The zero-order chi connectivity index (χ0) is 25.9. The van der Waals surface area contributed by atoms with Crippen molar-refractivity contribution in [1.82, 2.24) is 9.88 Å². The molecule has 0 aliphatic carbocycles. The van der Waals surface area contributed by atoms with Gasteiger partial charge in [0.25, 0.3) is 0 Å².